The van der Waals surface area contributed by atoms with E-state index in [1.807, 2.05) is 48.5 Å². The molecule has 2 aromatic rings. The van der Waals surface area contributed by atoms with Gasteiger partial charge >= 0.3 is 6.03 Å². The van der Waals surface area contributed by atoms with E-state index in [1.54, 1.807) is 6.20 Å². The van der Waals surface area contributed by atoms with Crippen LogP contribution in [0, 0.1) is 0 Å². The van der Waals surface area contributed by atoms with Crippen molar-refractivity contribution in [1.29, 1.82) is 0 Å². The van der Waals surface area contributed by atoms with Gasteiger partial charge in [0.2, 0.25) is 0 Å². The first kappa shape index (κ1) is 14.1. The fourth-order valence-corrected chi connectivity index (χ4v) is 1.86. The summed E-state index contributed by atoms with van der Waals surface area (Å²) in [6.07, 6.45) is 3.55. The van der Waals surface area contributed by atoms with Crippen molar-refractivity contribution in [2.24, 2.45) is 0 Å². The van der Waals surface area contributed by atoms with Crippen molar-refractivity contribution in [2.45, 2.75) is 19.4 Å². The van der Waals surface area contributed by atoms with Crippen LogP contribution in [0.2, 0.25) is 0 Å². The summed E-state index contributed by atoms with van der Waals surface area (Å²) in [6, 6.07) is 15.6. The van der Waals surface area contributed by atoms with Gasteiger partial charge < -0.3 is 10.6 Å². The Hall–Kier alpha value is -2.36. The summed E-state index contributed by atoms with van der Waals surface area (Å²) < 4.78 is 0. The lowest BCUT2D eigenvalue weighted by molar-refractivity contribution is 0.240. The Morgan fingerprint density at radius 3 is 2.55 bits per heavy atom. The van der Waals surface area contributed by atoms with Gasteiger partial charge in [-0.15, -0.1) is 0 Å². The summed E-state index contributed by atoms with van der Waals surface area (Å²) in [5, 5.41) is 5.68. The number of hydrogen-bond acceptors (Lipinski definition) is 2. The topological polar surface area (TPSA) is 54.0 Å². The van der Waals surface area contributed by atoms with Gasteiger partial charge in [0.25, 0.3) is 0 Å². The predicted octanol–water partition coefficient (Wildman–Crippen LogP) is 2.51. The number of nitrogens with one attached hydrogen (secondary N) is 2. The van der Waals surface area contributed by atoms with Gasteiger partial charge in [0.1, 0.15) is 0 Å². The highest BCUT2D eigenvalue weighted by Crippen LogP contribution is 1.98. The molecule has 0 aliphatic carbocycles. The number of carbonyl (C=O) groups excluding carboxylic acids is 1. The number of carbonyl (C=O) groups is 1. The molecule has 0 radical (unpaired) electrons. The zero-order chi connectivity index (χ0) is 14.0. The molecule has 0 unspecified atom stereocenters. The Kier molecular flexibility index (Phi) is 5.58. The van der Waals surface area contributed by atoms with E-state index in [9.17, 15) is 4.79 Å². The van der Waals surface area contributed by atoms with E-state index in [-0.39, 0.29) is 6.03 Å². The number of rotatable bonds is 6. The highest BCUT2D eigenvalue weighted by Gasteiger charge is 2.00. The van der Waals surface area contributed by atoms with Crippen molar-refractivity contribution in [2.75, 3.05) is 6.54 Å². The number of pyridine rings is 1. The number of aromatic nitrogens is 1. The molecule has 0 fully saturated rings. The maximum absolute atomic E-state index is 11.6. The molecule has 1 aromatic heterocycles. The molecule has 2 rings (SSSR count). The second-order valence-corrected chi connectivity index (χ2v) is 4.52. The molecule has 1 heterocycles. The maximum atomic E-state index is 11.6. The molecule has 20 heavy (non-hydrogen) atoms. The van der Waals surface area contributed by atoms with Crippen LogP contribution in [0.1, 0.15) is 17.7 Å². The lowest BCUT2D eigenvalue weighted by Gasteiger charge is -2.07. The highest BCUT2D eigenvalue weighted by molar-refractivity contribution is 5.73. The molecule has 0 aliphatic rings. The van der Waals surface area contributed by atoms with Crippen molar-refractivity contribution in [3.05, 3.63) is 66.0 Å². The Morgan fingerprint density at radius 1 is 1.00 bits per heavy atom. The number of benzene rings is 1. The largest absolute Gasteiger partial charge is 0.338 e. The van der Waals surface area contributed by atoms with Gasteiger partial charge in [-0.2, -0.15) is 0 Å². The molecule has 0 spiro atoms. The standard InChI is InChI=1S/C16H19N3O/c20-16(19-13-14-7-2-1-3-8-14)18-12-6-10-15-9-4-5-11-17-15/h1-5,7-9,11H,6,10,12-13H2,(H2,18,19,20). The molecular weight excluding hydrogens is 250 g/mol. The summed E-state index contributed by atoms with van der Waals surface area (Å²) >= 11 is 0. The van der Waals surface area contributed by atoms with Gasteiger partial charge in [-0.3, -0.25) is 4.98 Å². The molecule has 1 aromatic carbocycles. The van der Waals surface area contributed by atoms with Crippen molar-refractivity contribution in [1.82, 2.24) is 15.6 Å². The van der Waals surface area contributed by atoms with E-state index < -0.39 is 0 Å². The van der Waals surface area contributed by atoms with Crippen LogP contribution in [0.15, 0.2) is 54.7 Å². The first-order valence-corrected chi connectivity index (χ1v) is 6.80. The smallest absolute Gasteiger partial charge is 0.315 e. The quantitative estimate of drug-likeness (QED) is 0.792. The van der Waals surface area contributed by atoms with Gasteiger partial charge in [-0.1, -0.05) is 36.4 Å². The predicted molar refractivity (Wildman–Crippen MR) is 79.2 cm³/mol. The summed E-state index contributed by atoms with van der Waals surface area (Å²) in [7, 11) is 0. The molecule has 0 saturated heterocycles. The van der Waals surface area contributed by atoms with Gasteiger partial charge in [0.15, 0.2) is 0 Å². The minimum atomic E-state index is -0.130. The van der Waals surface area contributed by atoms with Crippen LogP contribution in [-0.4, -0.2) is 17.6 Å². The Balaban J connectivity index is 1.59. The first-order chi connectivity index (χ1) is 9.84. The molecule has 2 N–H and O–H groups in total. The lowest BCUT2D eigenvalue weighted by atomic mass is 10.2. The third kappa shape index (κ3) is 5.10. The third-order valence-corrected chi connectivity index (χ3v) is 2.92. The Bertz CT molecular complexity index is 514. The molecule has 0 saturated carbocycles. The normalized spacial score (nSPS) is 10.0. The first-order valence-electron chi connectivity index (χ1n) is 6.80. The average molecular weight is 269 g/mol. The van der Waals surface area contributed by atoms with Crippen molar-refractivity contribution >= 4 is 6.03 Å². The van der Waals surface area contributed by atoms with Crippen molar-refractivity contribution < 1.29 is 4.79 Å². The van der Waals surface area contributed by atoms with E-state index in [2.05, 4.69) is 15.6 Å². The van der Waals surface area contributed by atoms with Gasteiger partial charge in [-0.05, 0) is 30.5 Å². The highest BCUT2D eigenvalue weighted by atomic mass is 16.2. The molecule has 104 valence electrons. The van der Waals surface area contributed by atoms with Crippen LogP contribution < -0.4 is 10.6 Å². The Morgan fingerprint density at radius 2 is 1.80 bits per heavy atom. The van der Waals surface area contributed by atoms with Crippen molar-refractivity contribution in [3.63, 3.8) is 0 Å². The number of aryl methyl sites for hydroxylation is 1. The molecule has 0 atom stereocenters. The average Bonchev–Trinajstić information content (AvgIpc) is 2.52. The van der Waals surface area contributed by atoms with E-state index >= 15 is 0 Å². The van der Waals surface area contributed by atoms with Gasteiger partial charge in [0.05, 0.1) is 0 Å². The molecule has 0 aliphatic heterocycles. The minimum Gasteiger partial charge on any atom is -0.338 e. The SMILES string of the molecule is O=C(NCCCc1ccccn1)NCc1ccccc1. The Labute approximate surface area is 119 Å². The zero-order valence-electron chi connectivity index (χ0n) is 11.4. The molecule has 2 amide bonds. The molecular formula is C16H19N3O. The van der Waals surface area contributed by atoms with E-state index in [4.69, 9.17) is 0 Å². The summed E-state index contributed by atoms with van der Waals surface area (Å²) in [4.78, 5) is 15.8. The van der Waals surface area contributed by atoms with Crippen LogP contribution in [0.4, 0.5) is 4.79 Å². The molecule has 4 nitrogen and oxygen atoms in total. The fourth-order valence-electron chi connectivity index (χ4n) is 1.86. The molecule has 0 bridgehead atoms. The maximum Gasteiger partial charge on any atom is 0.315 e. The third-order valence-electron chi connectivity index (χ3n) is 2.92. The van der Waals surface area contributed by atoms with Crippen LogP contribution in [0.25, 0.3) is 0 Å². The monoisotopic (exact) mass is 269 g/mol. The van der Waals surface area contributed by atoms with Gasteiger partial charge in [-0.25, -0.2) is 4.79 Å². The lowest BCUT2D eigenvalue weighted by Crippen LogP contribution is -2.35. The van der Waals surface area contributed by atoms with Gasteiger partial charge in [0, 0.05) is 25.0 Å². The number of nitrogens with zero attached hydrogens (tertiary/aromatic N) is 1. The second-order valence-electron chi connectivity index (χ2n) is 4.52. The number of urea groups is 1. The number of amides is 2. The fraction of sp³-hybridized carbons (Fsp3) is 0.250. The van der Waals surface area contributed by atoms with Crippen LogP contribution >= 0.6 is 0 Å². The number of hydrogen-bond donors (Lipinski definition) is 2. The van der Waals surface area contributed by atoms with E-state index in [0.29, 0.717) is 13.1 Å². The van der Waals surface area contributed by atoms with E-state index in [1.165, 1.54) is 0 Å². The summed E-state index contributed by atoms with van der Waals surface area (Å²) in [6.45, 7) is 1.20. The summed E-state index contributed by atoms with van der Waals surface area (Å²) in [5.41, 5.74) is 2.15. The van der Waals surface area contributed by atoms with Crippen LogP contribution in [-0.2, 0) is 13.0 Å². The molecule has 4 heteroatoms. The van der Waals surface area contributed by atoms with E-state index in [0.717, 1.165) is 24.1 Å². The van der Waals surface area contributed by atoms with Crippen molar-refractivity contribution in [3.8, 4) is 0 Å². The minimum absolute atomic E-state index is 0.130. The summed E-state index contributed by atoms with van der Waals surface area (Å²) in [5.74, 6) is 0. The zero-order valence-corrected chi connectivity index (χ0v) is 11.4. The van der Waals surface area contributed by atoms with Crippen LogP contribution in [0.5, 0.6) is 0 Å². The second kappa shape index (κ2) is 7.94. The van der Waals surface area contributed by atoms with Crippen LogP contribution in [0.3, 0.4) is 0 Å².